The lowest BCUT2D eigenvalue weighted by atomic mass is 10.1. The molecule has 7 nitrogen and oxygen atoms in total. The van der Waals surface area contributed by atoms with Crippen LogP contribution in [0.25, 0.3) is 0 Å². The molecule has 1 aliphatic carbocycles. The van der Waals surface area contributed by atoms with E-state index in [4.69, 9.17) is 23.2 Å². The predicted octanol–water partition coefficient (Wildman–Crippen LogP) is 4.40. The maximum absolute atomic E-state index is 13.4. The summed E-state index contributed by atoms with van der Waals surface area (Å²) in [6, 6.07) is 10.6. The highest BCUT2D eigenvalue weighted by Crippen LogP contribution is 2.27. The molecule has 1 aliphatic rings. The fraction of sp³-hybridized carbons (Fsp3) is 0.440. The van der Waals surface area contributed by atoms with Crippen molar-refractivity contribution in [2.75, 3.05) is 13.6 Å². The second-order valence-corrected chi connectivity index (χ2v) is 11.8. The van der Waals surface area contributed by atoms with Crippen LogP contribution in [0.4, 0.5) is 0 Å². The summed E-state index contributed by atoms with van der Waals surface area (Å²) in [6.07, 6.45) is 3.91. The van der Waals surface area contributed by atoms with Crippen molar-refractivity contribution < 1.29 is 18.0 Å². The fourth-order valence-electron chi connectivity index (χ4n) is 4.08. The molecule has 190 valence electrons. The van der Waals surface area contributed by atoms with Crippen molar-refractivity contribution in [1.29, 1.82) is 0 Å². The van der Waals surface area contributed by atoms with Crippen LogP contribution in [0.2, 0.25) is 10.0 Å². The van der Waals surface area contributed by atoms with E-state index in [2.05, 4.69) is 5.32 Å². The van der Waals surface area contributed by atoms with Crippen molar-refractivity contribution in [3.05, 3.63) is 63.6 Å². The summed E-state index contributed by atoms with van der Waals surface area (Å²) in [4.78, 5) is 27.9. The minimum atomic E-state index is -3.90. The van der Waals surface area contributed by atoms with Crippen molar-refractivity contribution in [3.63, 3.8) is 0 Å². The van der Waals surface area contributed by atoms with Gasteiger partial charge in [0, 0.05) is 35.2 Å². The molecule has 0 saturated heterocycles. The molecule has 2 aromatic carbocycles. The van der Waals surface area contributed by atoms with Gasteiger partial charge in [0.15, 0.2) is 0 Å². The molecule has 0 aliphatic heterocycles. The topological polar surface area (TPSA) is 86.8 Å². The molecule has 35 heavy (non-hydrogen) atoms. The van der Waals surface area contributed by atoms with E-state index >= 15 is 0 Å². The van der Waals surface area contributed by atoms with Crippen LogP contribution in [0.5, 0.6) is 0 Å². The number of rotatable bonds is 9. The molecular weight excluding hydrogens is 509 g/mol. The third-order valence-electron chi connectivity index (χ3n) is 6.35. The Morgan fingerprint density at radius 2 is 1.63 bits per heavy atom. The summed E-state index contributed by atoms with van der Waals surface area (Å²) < 4.78 is 27.1. The smallest absolute Gasteiger partial charge is 0.243 e. The maximum Gasteiger partial charge on any atom is 0.243 e. The third kappa shape index (κ3) is 6.76. The molecule has 2 aromatic rings. The highest BCUT2D eigenvalue weighted by Gasteiger charge is 2.32. The number of hydrogen-bond donors (Lipinski definition) is 1. The van der Waals surface area contributed by atoms with Crippen LogP contribution in [0.1, 0.15) is 43.7 Å². The van der Waals surface area contributed by atoms with Crippen LogP contribution in [-0.2, 0) is 26.2 Å². The Labute approximate surface area is 217 Å². The van der Waals surface area contributed by atoms with Gasteiger partial charge in [-0.2, -0.15) is 4.31 Å². The van der Waals surface area contributed by atoms with E-state index in [1.54, 1.807) is 37.3 Å². The number of nitrogens with zero attached hydrogens (tertiary/aromatic N) is 2. The summed E-state index contributed by atoms with van der Waals surface area (Å²) in [6.45, 7) is 3.01. The number of nitrogens with one attached hydrogen (secondary N) is 1. The molecule has 0 bridgehead atoms. The molecule has 0 unspecified atom stereocenters. The first-order valence-corrected chi connectivity index (χ1v) is 13.8. The molecule has 10 heteroatoms. The van der Waals surface area contributed by atoms with Gasteiger partial charge in [-0.25, -0.2) is 8.42 Å². The number of hydrogen-bond acceptors (Lipinski definition) is 4. The van der Waals surface area contributed by atoms with Crippen LogP contribution in [0.15, 0.2) is 47.4 Å². The van der Waals surface area contributed by atoms with Crippen molar-refractivity contribution in [3.8, 4) is 0 Å². The Morgan fingerprint density at radius 1 is 1.06 bits per heavy atom. The zero-order valence-corrected chi connectivity index (χ0v) is 22.5. The summed E-state index contributed by atoms with van der Waals surface area (Å²) in [5.74, 6) is -0.828. The van der Waals surface area contributed by atoms with E-state index in [9.17, 15) is 18.0 Å². The second-order valence-electron chi connectivity index (χ2n) is 8.96. The number of amides is 2. The van der Waals surface area contributed by atoms with Crippen LogP contribution >= 0.6 is 23.2 Å². The third-order valence-corrected chi connectivity index (χ3v) is 8.87. The van der Waals surface area contributed by atoms with Crippen LogP contribution in [0.3, 0.4) is 0 Å². The predicted molar refractivity (Wildman–Crippen MR) is 138 cm³/mol. The standard InChI is InChI=1S/C25H31Cl2N3O4S/c1-17-11-13-20(14-12-17)35(33,34)29(3)16-24(31)30(15-21-22(26)9-6-10-23(21)27)18(2)25(32)28-19-7-4-5-8-19/h6,9-14,18-19H,4-5,7-8,15-16H2,1-3H3,(H,28,32)/t18-/m0/s1. The number of carbonyl (C=O) groups excluding carboxylic acids is 2. The first kappa shape index (κ1) is 27.5. The zero-order valence-electron chi connectivity index (χ0n) is 20.1. The number of halogens is 2. The highest BCUT2D eigenvalue weighted by atomic mass is 35.5. The van der Waals surface area contributed by atoms with Gasteiger partial charge in [-0.15, -0.1) is 0 Å². The van der Waals surface area contributed by atoms with Crippen molar-refractivity contribution in [1.82, 2.24) is 14.5 Å². The molecule has 0 heterocycles. The first-order chi connectivity index (χ1) is 16.5. The van der Waals surface area contributed by atoms with E-state index in [0.717, 1.165) is 35.6 Å². The largest absolute Gasteiger partial charge is 0.352 e. The van der Waals surface area contributed by atoms with Gasteiger partial charge in [-0.1, -0.05) is 59.8 Å². The van der Waals surface area contributed by atoms with Crippen molar-refractivity contribution >= 4 is 45.0 Å². The molecule has 3 rings (SSSR count). The lowest BCUT2D eigenvalue weighted by Crippen LogP contribution is -2.52. The number of benzene rings is 2. The van der Waals surface area contributed by atoms with Gasteiger partial charge < -0.3 is 10.2 Å². The van der Waals surface area contributed by atoms with Crippen LogP contribution < -0.4 is 5.32 Å². The van der Waals surface area contributed by atoms with Gasteiger partial charge in [-0.3, -0.25) is 9.59 Å². The number of carbonyl (C=O) groups is 2. The molecule has 1 fully saturated rings. The minimum Gasteiger partial charge on any atom is -0.352 e. The van der Waals surface area contributed by atoms with Gasteiger partial charge in [0.2, 0.25) is 21.8 Å². The van der Waals surface area contributed by atoms with E-state index in [1.807, 2.05) is 6.92 Å². The lowest BCUT2D eigenvalue weighted by Gasteiger charge is -2.31. The van der Waals surface area contributed by atoms with Gasteiger partial charge in [0.25, 0.3) is 0 Å². The van der Waals surface area contributed by atoms with E-state index in [1.165, 1.54) is 24.1 Å². The van der Waals surface area contributed by atoms with Gasteiger partial charge in [-0.05, 0) is 51.0 Å². The Balaban J connectivity index is 1.84. The van der Waals surface area contributed by atoms with Crippen molar-refractivity contribution in [2.24, 2.45) is 0 Å². The van der Waals surface area contributed by atoms with E-state index in [0.29, 0.717) is 15.6 Å². The average molecular weight is 541 g/mol. The van der Waals surface area contributed by atoms with E-state index in [-0.39, 0.29) is 23.4 Å². The molecule has 0 spiro atoms. The summed E-state index contributed by atoms with van der Waals surface area (Å²) in [7, 11) is -2.56. The zero-order chi connectivity index (χ0) is 25.8. The molecule has 1 N–H and O–H groups in total. The lowest BCUT2D eigenvalue weighted by molar-refractivity contribution is -0.140. The number of sulfonamides is 1. The summed E-state index contributed by atoms with van der Waals surface area (Å²) >= 11 is 12.7. The van der Waals surface area contributed by atoms with Gasteiger partial charge >= 0.3 is 0 Å². The average Bonchev–Trinajstić information content (AvgIpc) is 3.31. The quantitative estimate of drug-likeness (QED) is 0.511. The maximum atomic E-state index is 13.4. The highest BCUT2D eigenvalue weighted by molar-refractivity contribution is 7.89. The summed E-state index contributed by atoms with van der Waals surface area (Å²) in [5, 5.41) is 3.73. The minimum absolute atomic E-state index is 0.0327. The van der Waals surface area contributed by atoms with Crippen LogP contribution in [0, 0.1) is 6.92 Å². The molecule has 0 radical (unpaired) electrons. The Kier molecular flexibility index (Phi) is 9.21. The van der Waals surface area contributed by atoms with Crippen LogP contribution in [-0.4, -0.2) is 55.1 Å². The molecule has 0 aromatic heterocycles. The first-order valence-electron chi connectivity index (χ1n) is 11.6. The Hall–Kier alpha value is -2.13. The molecule has 1 atom stereocenters. The monoisotopic (exact) mass is 539 g/mol. The Bertz CT molecular complexity index is 1150. The van der Waals surface area contributed by atoms with Crippen molar-refractivity contribution in [2.45, 2.75) is 63.1 Å². The summed E-state index contributed by atoms with van der Waals surface area (Å²) in [5.41, 5.74) is 1.42. The molecule has 2 amide bonds. The SMILES string of the molecule is Cc1ccc(S(=O)(=O)N(C)CC(=O)N(Cc2c(Cl)cccc2Cl)[C@@H](C)C(=O)NC2CCCC2)cc1. The fourth-order valence-corrected chi connectivity index (χ4v) is 5.72. The number of aryl methyl sites for hydroxylation is 1. The van der Waals surface area contributed by atoms with E-state index < -0.39 is 28.5 Å². The number of likely N-dealkylation sites (N-methyl/N-ethyl adjacent to an activating group) is 1. The normalized spacial score (nSPS) is 15.3. The molecule has 1 saturated carbocycles. The molecular formula is C25H31Cl2N3O4S. The Morgan fingerprint density at radius 3 is 2.20 bits per heavy atom. The van der Waals surface area contributed by atoms with Gasteiger partial charge in [0.1, 0.15) is 6.04 Å². The second kappa shape index (κ2) is 11.7. The van der Waals surface area contributed by atoms with Gasteiger partial charge in [0.05, 0.1) is 11.4 Å².